The number of aromatic nitrogens is 3. The van der Waals surface area contributed by atoms with Crippen molar-refractivity contribution in [2.24, 2.45) is 0 Å². The van der Waals surface area contributed by atoms with Gasteiger partial charge in [0.25, 0.3) is 5.91 Å². The van der Waals surface area contributed by atoms with E-state index >= 15 is 0 Å². The molecule has 138 valence electrons. The second-order valence-corrected chi connectivity index (χ2v) is 6.19. The van der Waals surface area contributed by atoms with E-state index in [9.17, 15) is 4.79 Å². The first kappa shape index (κ1) is 17.5. The number of amides is 1. The molecule has 4 rings (SSSR count). The van der Waals surface area contributed by atoms with Gasteiger partial charge in [-0.2, -0.15) is 5.10 Å². The minimum atomic E-state index is -0.198. The van der Waals surface area contributed by atoms with Crippen LogP contribution in [-0.2, 0) is 6.54 Å². The van der Waals surface area contributed by atoms with Gasteiger partial charge in [-0.25, -0.2) is 9.67 Å². The Kier molecular flexibility index (Phi) is 5.11. The average molecular weight is 370 g/mol. The Bertz CT molecular complexity index is 1060. The maximum absolute atomic E-state index is 12.7. The first-order chi connectivity index (χ1) is 13.8. The van der Waals surface area contributed by atoms with Crippen LogP contribution in [0.2, 0.25) is 0 Å². The summed E-state index contributed by atoms with van der Waals surface area (Å²) in [6, 6.07) is 24.2. The molecule has 6 heteroatoms. The van der Waals surface area contributed by atoms with Crippen molar-refractivity contribution in [3.05, 3.63) is 103 Å². The van der Waals surface area contributed by atoms with Gasteiger partial charge in [0, 0.05) is 11.3 Å². The van der Waals surface area contributed by atoms with Gasteiger partial charge in [-0.05, 0) is 48.0 Å². The smallest absolute Gasteiger partial charge is 0.255 e. The lowest BCUT2D eigenvalue weighted by Gasteiger charge is -2.10. The molecule has 0 aliphatic rings. The third kappa shape index (κ3) is 4.42. The number of nitrogens with zero attached hydrogens (tertiary/aromatic N) is 3. The van der Waals surface area contributed by atoms with Crippen LogP contribution >= 0.6 is 0 Å². The molecule has 0 aliphatic heterocycles. The van der Waals surface area contributed by atoms with Crippen LogP contribution < -0.4 is 10.1 Å². The summed E-state index contributed by atoms with van der Waals surface area (Å²) < 4.78 is 7.53. The number of hydrogen-bond acceptors (Lipinski definition) is 4. The number of hydrogen-bond donors (Lipinski definition) is 1. The van der Waals surface area contributed by atoms with E-state index in [0.717, 1.165) is 17.0 Å². The van der Waals surface area contributed by atoms with Crippen molar-refractivity contribution in [3.8, 4) is 11.5 Å². The molecule has 4 aromatic rings. The first-order valence-electron chi connectivity index (χ1n) is 8.82. The lowest BCUT2D eigenvalue weighted by molar-refractivity contribution is 0.102. The van der Waals surface area contributed by atoms with Crippen molar-refractivity contribution in [1.29, 1.82) is 0 Å². The summed E-state index contributed by atoms with van der Waals surface area (Å²) in [4.78, 5) is 16.6. The van der Waals surface area contributed by atoms with Crippen LogP contribution in [0.25, 0.3) is 0 Å². The van der Waals surface area contributed by atoms with E-state index in [-0.39, 0.29) is 5.91 Å². The number of rotatable bonds is 6. The van der Waals surface area contributed by atoms with Crippen LogP contribution in [0.5, 0.6) is 11.5 Å². The van der Waals surface area contributed by atoms with E-state index in [1.165, 1.54) is 6.33 Å². The number of nitrogens with one attached hydrogen (secondary N) is 1. The molecule has 1 N–H and O–H groups in total. The molecule has 6 nitrogen and oxygen atoms in total. The summed E-state index contributed by atoms with van der Waals surface area (Å²) >= 11 is 0. The lowest BCUT2D eigenvalue weighted by Crippen LogP contribution is -2.12. The van der Waals surface area contributed by atoms with E-state index in [1.54, 1.807) is 29.2 Å². The highest BCUT2D eigenvalue weighted by molar-refractivity contribution is 6.04. The normalized spacial score (nSPS) is 10.4. The lowest BCUT2D eigenvalue weighted by atomic mass is 10.1. The summed E-state index contributed by atoms with van der Waals surface area (Å²) in [6.07, 6.45) is 3.15. The van der Waals surface area contributed by atoms with Gasteiger partial charge in [0.05, 0.1) is 6.54 Å². The van der Waals surface area contributed by atoms with Gasteiger partial charge >= 0.3 is 0 Å². The highest BCUT2D eigenvalue weighted by Crippen LogP contribution is 2.22. The maximum Gasteiger partial charge on any atom is 0.255 e. The van der Waals surface area contributed by atoms with Crippen LogP contribution in [0.1, 0.15) is 15.9 Å². The van der Waals surface area contributed by atoms with Gasteiger partial charge in [-0.15, -0.1) is 0 Å². The summed E-state index contributed by atoms with van der Waals surface area (Å²) in [6.45, 7) is 0.587. The summed E-state index contributed by atoms with van der Waals surface area (Å²) in [7, 11) is 0. The zero-order valence-electron chi connectivity index (χ0n) is 15.0. The molecule has 0 radical (unpaired) electrons. The Morgan fingerprint density at radius 3 is 2.57 bits per heavy atom. The largest absolute Gasteiger partial charge is 0.457 e. The van der Waals surface area contributed by atoms with E-state index < -0.39 is 0 Å². The molecule has 0 saturated carbocycles. The fourth-order valence-electron chi connectivity index (χ4n) is 2.78. The second kappa shape index (κ2) is 8.18. The molecule has 28 heavy (non-hydrogen) atoms. The van der Waals surface area contributed by atoms with Gasteiger partial charge in [-0.1, -0.05) is 36.4 Å². The van der Waals surface area contributed by atoms with Crippen molar-refractivity contribution in [2.45, 2.75) is 6.54 Å². The van der Waals surface area contributed by atoms with E-state index in [0.29, 0.717) is 17.9 Å². The number of para-hydroxylation sites is 1. The SMILES string of the molecule is O=C(Nc1cccc(Cn2cncn2)c1)c1cccc(Oc2ccccc2)c1. The van der Waals surface area contributed by atoms with Crippen molar-refractivity contribution in [3.63, 3.8) is 0 Å². The molecule has 1 amide bonds. The first-order valence-corrected chi connectivity index (χ1v) is 8.82. The summed E-state index contributed by atoms with van der Waals surface area (Å²) in [5.74, 6) is 1.14. The van der Waals surface area contributed by atoms with Gasteiger partial charge in [0.2, 0.25) is 0 Å². The maximum atomic E-state index is 12.7. The van der Waals surface area contributed by atoms with Crippen LogP contribution in [-0.4, -0.2) is 20.7 Å². The molecule has 0 atom stereocenters. The third-order valence-electron chi connectivity index (χ3n) is 4.07. The predicted octanol–water partition coefficient (Wildman–Crippen LogP) is 4.37. The molecule has 0 saturated heterocycles. The Morgan fingerprint density at radius 2 is 1.75 bits per heavy atom. The molecule has 1 heterocycles. The second-order valence-electron chi connectivity index (χ2n) is 6.19. The number of carbonyl (C=O) groups excluding carboxylic acids is 1. The van der Waals surface area contributed by atoms with Crippen molar-refractivity contribution >= 4 is 11.6 Å². The third-order valence-corrected chi connectivity index (χ3v) is 4.07. The zero-order valence-corrected chi connectivity index (χ0v) is 15.0. The van der Waals surface area contributed by atoms with Crippen LogP contribution in [0.4, 0.5) is 5.69 Å². The molecule has 1 aromatic heterocycles. The molecule has 0 bridgehead atoms. The molecule has 0 spiro atoms. The number of carbonyl (C=O) groups is 1. The average Bonchev–Trinajstić information content (AvgIpc) is 3.22. The van der Waals surface area contributed by atoms with Gasteiger partial charge in [0.15, 0.2) is 0 Å². The molecular formula is C22H18N4O2. The Labute approximate surface area is 162 Å². The predicted molar refractivity (Wildman–Crippen MR) is 106 cm³/mol. The van der Waals surface area contributed by atoms with Crippen LogP contribution in [0.3, 0.4) is 0 Å². The Hall–Kier alpha value is -3.93. The number of anilines is 1. The van der Waals surface area contributed by atoms with E-state index in [4.69, 9.17) is 4.74 Å². The van der Waals surface area contributed by atoms with Gasteiger partial charge in [-0.3, -0.25) is 4.79 Å². The fraction of sp³-hybridized carbons (Fsp3) is 0.0455. The van der Waals surface area contributed by atoms with Gasteiger partial charge < -0.3 is 10.1 Å². The van der Waals surface area contributed by atoms with Crippen LogP contribution in [0.15, 0.2) is 91.5 Å². The minimum Gasteiger partial charge on any atom is -0.457 e. The standard InChI is InChI=1S/C22H18N4O2/c27-22(18-7-5-11-21(13-18)28-20-9-2-1-3-10-20)25-19-8-4-6-17(12-19)14-26-16-23-15-24-26/h1-13,15-16H,14H2,(H,25,27). The fourth-order valence-corrected chi connectivity index (χ4v) is 2.78. The van der Waals surface area contributed by atoms with E-state index in [2.05, 4.69) is 15.4 Å². The topological polar surface area (TPSA) is 69.0 Å². The molecule has 0 unspecified atom stereocenters. The van der Waals surface area contributed by atoms with Crippen molar-refractivity contribution in [1.82, 2.24) is 14.8 Å². The van der Waals surface area contributed by atoms with E-state index in [1.807, 2.05) is 60.7 Å². The van der Waals surface area contributed by atoms with Crippen LogP contribution in [0, 0.1) is 0 Å². The summed E-state index contributed by atoms with van der Waals surface area (Å²) in [5.41, 5.74) is 2.26. The van der Waals surface area contributed by atoms with Crippen molar-refractivity contribution in [2.75, 3.05) is 5.32 Å². The van der Waals surface area contributed by atoms with Crippen molar-refractivity contribution < 1.29 is 9.53 Å². The Morgan fingerprint density at radius 1 is 0.929 bits per heavy atom. The molecule has 0 fully saturated rings. The summed E-state index contributed by atoms with van der Waals surface area (Å²) in [5, 5.41) is 7.03. The van der Waals surface area contributed by atoms with Gasteiger partial charge in [0.1, 0.15) is 24.2 Å². The minimum absolute atomic E-state index is 0.198. The number of ether oxygens (including phenoxy) is 1. The number of benzene rings is 3. The molecule has 0 aliphatic carbocycles. The quantitative estimate of drug-likeness (QED) is 0.547. The monoisotopic (exact) mass is 370 g/mol. The molecule has 3 aromatic carbocycles. The Balaban J connectivity index is 1.46. The highest BCUT2D eigenvalue weighted by Gasteiger charge is 2.08. The highest BCUT2D eigenvalue weighted by atomic mass is 16.5. The molecular weight excluding hydrogens is 352 g/mol. The zero-order chi connectivity index (χ0) is 19.2.